The van der Waals surface area contributed by atoms with Gasteiger partial charge in [-0.3, -0.25) is 14.6 Å². The summed E-state index contributed by atoms with van der Waals surface area (Å²) in [6.07, 6.45) is 1.68. The predicted octanol–water partition coefficient (Wildman–Crippen LogP) is 3.27. The highest BCUT2D eigenvalue weighted by Gasteiger charge is 2.27. The highest BCUT2D eigenvalue weighted by atomic mass is 16.4. The van der Waals surface area contributed by atoms with E-state index in [0.29, 0.717) is 38.1 Å². The van der Waals surface area contributed by atoms with Crippen molar-refractivity contribution < 1.29 is 14.0 Å². The third-order valence-corrected chi connectivity index (χ3v) is 6.69. The zero-order valence-corrected chi connectivity index (χ0v) is 23.0. The van der Waals surface area contributed by atoms with Gasteiger partial charge in [-0.1, -0.05) is 44.2 Å². The Bertz CT molecular complexity index is 1250. The molecule has 0 spiro atoms. The summed E-state index contributed by atoms with van der Waals surface area (Å²) in [5.41, 5.74) is 4.99. The largest absolute Gasteiger partial charge is 0.441 e. The molecule has 0 fully saturated rings. The van der Waals surface area contributed by atoms with E-state index in [4.69, 9.17) is 4.42 Å². The molecule has 4 rings (SSSR count). The number of carbonyl (C=O) groups is 2. The van der Waals surface area contributed by atoms with Gasteiger partial charge in [-0.05, 0) is 42.7 Å². The summed E-state index contributed by atoms with van der Waals surface area (Å²) in [6, 6.07) is 14.4. The Labute approximate surface area is 224 Å². The predicted molar refractivity (Wildman–Crippen MR) is 148 cm³/mol. The molecular formula is C29H38N6O3. The molecule has 0 bridgehead atoms. The second-order valence-electron chi connectivity index (χ2n) is 10.1. The summed E-state index contributed by atoms with van der Waals surface area (Å²) in [5.74, 6) is 0.989. The molecule has 0 saturated carbocycles. The minimum Gasteiger partial charge on any atom is -0.441 e. The van der Waals surface area contributed by atoms with Crippen molar-refractivity contribution in [1.82, 2.24) is 25.6 Å². The third-order valence-electron chi connectivity index (χ3n) is 6.69. The van der Waals surface area contributed by atoms with Crippen LogP contribution >= 0.6 is 0 Å². The number of hydrogen-bond donors (Lipinski definition) is 2. The maximum absolute atomic E-state index is 13.5. The number of nitrogens with zero attached hydrogens (tertiary/aromatic N) is 4. The van der Waals surface area contributed by atoms with Crippen LogP contribution < -0.4 is 15.5 Å². The second-order valence-corrected chi connectivity index (χ2v) is 10.1. The van der Waals surface area contributed by atoms with Gasteiger partial charge >= 0.3 is 0 Å². The topological polar surface area (TPSA) is 94.0 Å². The van der Waals surface area contributed by atoms with E-state index in [0.717, 1.165) is 22.6 Å². The Morgan fingerprint density at radius 2 is 1.76 bits per heavy atom. The second kappa shape index (κ2) is 12.2. The zero-order chi connectivity index (χ0) is 27.2. The van der Waals surface area contributed by atoms with Gasteiger partial charge < -0.3 is 20.0 Å². The molecule has 1 aliphatic heterocycles. The van der Waals surface area contributed by atoms with Crippen LogP contribution in [0.25, 0.3) is 11.5 Å². The van der Waals surface area contributed by atoms with Gasteiger partial charge in [-0.25, -0.2) is 9.99 Å². The van der Waals surface area contributed by atoms with Gasteiger partial charge in [0.25, 0.3) is 5.91 Å². The Kier molecular flexibility index (Phi) is 8.81. The molecule has 2 heterocycles. The smallest absolute Gasteiger partial charge is 0.256 e. The molecule has 2 N–H and O–H groups in total. The van der Waals surface area contributed by atoms with Crippen molar-refractivity contribution in [3.8, 4) is 11.5 Å². The standard InChI is InChI=1S/C29H38N6O3/c1-20(2)30-12-13-31-27(36)18-34(26-14-23(11-10-21(26)3)29-32-15-22(4)38-29)19-28(37)33(5)35-16-24-8-6-7-9-25(24)17-35/h6-11,14-15,20,30H,12-13,16-19H2,1-5H3,(H,31,36). The molecule has 0 saturated heterocycles. The van der Waals surface area contributed by atoms with Crippen LogP contribution in [0, 0.1) is 13.8 Å². The fourth-order valence-electron chi connectivity index (χ4n) is 4.54. The van der Waals surface area contributed by atoms with Crippen LogP contribution in [0.2, 0.25) is 0 Å². The van der Waals surface area contributed by atoms with Crippen molar-refractivity contribution in [2.45, 2.75) is 46.8 Å². The maximum atomic E-state index is 13.5. The number of nitrogens with one attached hydrogen (secondary N) is 2. The van der Waals surface area contributed by atoms with Crippen LogP contribution in [0.1, 0.15) is 36.3 Å². The van der Waals surface area contributed by atoms with E-state index in [1.54, 1.807) is 18.3 Å². The first-order valence-electron chi connectivity index (χ1n) is 13.1. The van der Waals surface area contributed by atoms with Crippen LogP contribution in [0.4, 0.5) is 5.69 Å². The number of benzene rings is 2. The lowest BCUT2D eigenvalue weighted by Gasteiger charge is -2.32. The van der Waals surface area contributed by atoms with Crippen molar-refractivity contribution in [2.75, 3.05) is 38.1 Å². The van der Waals surface area contributed by atoms with Crippen molar-refractivity contribution in [2.24, 2.45) is 0 Å². The molecule has 0 radical (unpaired) electrons. The number of oxazole rings is 1. The molecule has 0 aliphatic carbocycles. The lowest BCUT2D eigenvalue weighted by atomic mass is 10.1. The van der Waals surface area contributed by atoms with E-state index in [1.807, 2.05) is 54.1 Å². The van der Waals surface area contributed by atoms with E-state index in [-0.39, 0.29) is 24.9 Å². The monoisotopic (exact) mass is 518 g/mol. The van der Waals surface area contributed by atoms with Gasteiger partial charge in [0.05, 0.1) is 19.3 Å². The quantitative estimate of drug-likeness (QED) is 0.376. The number of carbonyl (C=O) groups excluding carboxylic acids is 2. The highest BCUT2D eigenvalue weighted by Crippen LogP contribution is 2.28. The minimum absolute atomic E-state index is 0.0515. The minimum atomic E-state index is -0.142. The fraction of sp³-hybridized carbons (Fsp3) is 0.414. The third kappa shape index (κ3) is 6.79. The number of rotatable bonds is 11. The molecule has 202 valence electrons. The average Bonchev–Trinajstić information content (AvgIpc) is 3.52. The lowest BCUT2D eigenvalue weighted by molar-refractivity contribution is -0.145. The summed E-state index contributed by atoms with van der Waals surface area (Å²) in [5, 5.41) is 9.97. The van der Waals surface area contributed by atoms with Crippen LogP contribution in [0.3, 0.4) is 0 Å². The normalized spacial score (nSPS) is 13.0. The average molecular weight is 519 g/mol. The molecule has 0 unspecified atom stereocenters. The van der Waals surface area contributed by atoms with Crippen LogP contribution in [-0.2, 0) is 22.7 Å². The number of hydrogen-bond acceptors (Lipinski definition) is 7. The number of aryl methyl sites for hydroxylation is 2. The van der Waals surface area contributed by atoms with E-state index >= 15 is 0 Å². The molecule has 3 aromatic rings. The first-order chi connectivity index (χ1) is 18.2. The summed E-state index contributed by atoms with van der Waals surface area (Å²) in [4.78, 5) is 32.7. The van der Waals surface area contributed by atoms with Crippen LogP contribution in [0.15, 0.2) is 53.1 Å². The fourth-order valence-corrected chi connectivity index (χ4v) is 4.54. The lowest BCUT2D eigenvalue weighted by Crippen LogP contribution is -2.48. The highest BCUT2D eigenvalue weighted by molar-refractivity contribution is 5.87. The van der Waals surface area contributed by atoms with E-state index in [9.17, 15) is 9.59 Å². The molecule has 2 aromatic carbocycles. The van der Waals surface area contributed by atoms with Crippen molar-refractivity contribution in [3.63, 3.8) is 0 Å². The molecule has 9 heteroatoms. The molecule has 1 aromatic heterocycles. The van der Waals surface area contributed by atoms with Crippen molar-refractivity contribution in [3.05, 3.63) is 71.1 Å². The molecule has 2 amide bonds. The summed E-state index contributed by atoms with van der Waals surface area (Å²) >= 11 is 0. The Morgan fingerprint density at radius 1 is 1.05 bits per heavy atom. The Hall–Kier alpha value is -3.69. The van der Waals surface area contributed by atoms with Gasteiger partial charge in [0.1, 0.15) is 5.76 Å². The Balaban J connectivity index is 1.52. The van der Waals surface area contributed by atoms with Crippen molar-refractivity contribution >= 4 is 17.5 Å². The first-order valence-corrected chi connectivity index (χ1v) is 13.1. The van der Waals surface area contributed by atoms with Gasteiger partial charge in [-0.2, -0.15) is 0 Å². The molecule has 38 heavy (non-hydrogen) atoms. The Morgan fingerprint density at radius 3 is 2.39 bits per heavy atom. The molecular weight excluding hydrogens is 480 g/mol. The number of fused-ring (bicyclic) bond motifs is 1. The number of amides is 2. The molecule has 0 atom stereocenters. The van der Waals surface area contributed by atoms with Crippen LogP contribution in [-0.4, -0.2) is 66.1 Å². The van der Waals surface area contributed by atoms with E-state index in [1.165, 1.54) is 11.1 Å². The van der Waals surface area contributed by atoms with Gasteiger partial charge in [0.2, 0.25) is 11.8 Å². The number of likely N-dealkylation sites (N-methyl/N-ethyl adjacent to an activating group) is 1. The zero-order valence-electron chi connectivity index (χ0n) is 23.0. The van der Waals surface area contributed by atoms with Gasteiger partial charge in [0.15, 0.2) is 0 Å². The van der Waals surface area contributed by atoms with Gasteiger partial charge in [0, 0.05) is 50.5 Å². The van der Waals surface area contributed by atoms with E-state index in [2.05, 4.69) is 41.6 Å². The number of hydrazine groups is 1. The van der Waals surface area contributed by atoms with Gasteiger partial charge in [-0.15, -0.1) is 0 Å². The molecule has 9 nitrogen and oxygen atoms in total. The summed E-state index contributed by atoms with van der Waals surface area (Å²) < 4.78 is 5.73. The molecule has 1 aliphatic rings. The van der Waals surface area contributed by atoms with E-state index < -0.39 is 0 Å². The number of aromatic nitrogens is 1. The summed E-state index contributed by atoms with van der Waals surface area (Å²) in [7, 11) is 1.79. The van der Waals surface area contributed by atoms with Crippen molar-refractivity contribution in [1.29, 1.82) is 0 Å². The SMILES string of the molecule is Cc1cnc(-c2ccc(C)c(N(CC(=O)NCCNC(C)C)CC(=O)N(C)N3Cc4ccccc4C3)c2)o1. The van der Waals surface area contributed by atoms with Crippen LogP contribution in [0.5, 0.6) is 0 Å². The maximum Gasteiger partial charge on any atom is 0.256 e. The number of anilines is 1. The summed E-state index contributed by atoms with van der Waals surface area (Å²) in [6.45, 7) is 10.6. The first kappa shape index (κ1) is 27.3.